The second-order valence-electron chi connectivity index (χ2n) is 4.32. The topological polar surface area (TPSA) is 3.88 Å². The molecule has 2 aromatic carbocycles. The molecule has 88 valence electrons. The monoisotopic (exact) mass is 238 g/mol. The molecule has 0 unspecified atom stereocenters. The average molecular weight is 238 g/mol. The van der Waals surface area contributed by atoms with E-state index in [2.05, 4.69) is 22.8 Å². The molecular weight excluding hydrogens is 225 g/mol. The van der Waals surface area contributed by atoms with Crippen LogP contribution in [0.1, 0.15) is 5.56 Å². The van der Waals surface area contributed by atoms with Crippen molar-refractivity contribution in [3.05, 3.63) is 78.2 Å². The van der Waals surface area contributed by atoms with Crippen molar-refractivity contribution in [1.82, 2.24) is 0 Å². The molecule has 1 aromatic heterocycles. The normalized spacial score (nSPS) is 10.7. The number of aromatic nitrogens is 1. The molecule has 0 aliphatic rings. The Balaban J connectivity index is 2.02. The van der Waals surface area contributed by atoms with E-state index in [0.29, 0.717) is 0 Å². The van der Waals surface area contributed by atoms with E-state index in [0.717, 1.165) is 12.1 Å². The lowest BCUT2D eigenvalue weighted by atomic mass is 10.2. The van der Waals surface area contributed by atoms with Gasteiger partial charge in [-0.2, -0.15) is 4.57 Å². The zero-order valence-corrected chi connectivity index (χ0v) is 9.88. The Morgan fingerprint density at radius 1 is 0.833 bits per heavy atom. The number of rotatable bonds is 2. The summed E-state index contributed by atoms with van der Waals surface area (Å²) in [6.07, 6.45) is 2.05. The van der Waals surface area contributed by atoms with Crippen LogP contribution in [0.25, 0.3) is 10.9 Å². The van der Waals surface area contributed by atoms with Gasteiger partial charge < -0.3 is 0 Å². The molecule has 0 fully saturated rings. The molecule has 3 aromatic rings. The summed E-state index contributed by atoms with van der Waals surface area (Å²) in [5.41, 5.74) is 2.28. The Morgan fingerprint density at radius 3 is 2.39 bits per heavy atom. The van der Waals surface area contributed by atoms with Gasteiger partial charge >= 0.3 is 0 Å². The number of para-hydroxylation sites is 1. The van der Waals surface area contributed by atoms with Gasteiger partial charge in [0.25, 0.3) is 0 Å². The maximum absolute atomic E-state index is 12.9. The third-order valence-corrected chi connectivity index (χ3v) is 3.05. The highest BCUT2D eigenvalue weighted by Gasteiger charge is 2.08. The molecule has 0 atom stereocenters. The van der Waals surface area contributed by atoms with Crippen LogP contribution in [-0.4, -0.2) is 0 Å². The first-order chi connectivity index (χ1) is 8.83. The fraction of sp³-hybridized carbons (Fsp3) is 0.0625. The number of fused-ring (bicyclic) bond motifs is 1. The van der Waals surface area contributed by atoms with Gasteiger partial charge in [0.2, 0.25) is 5.52 Å². The molecule has 0 N–H and O–H groups in total. The Morgan fingerprint density at radius 2 is 1.56 bits per heavy atom. The lowest BCUT2D eigenvalue weighted by Gasteiger charge is -2.01. The van der Waals surface area contributed by atoms with Crippen molar-refractivity contribution >= 4 is 10.9 Å². The molecule has 0 amide bonds. The van der Waals surface area contributed by atoms with Gasteiger partial charge in [0.1, 0.15) is 5.82 Å². The molecule has 0 saturated heterocycles. The predicted octanol–water partition coefficient (Wildman–Crippen LogP) is 3.31. The van der Waals surface area contributed by atoms with E-state index in [1.807, 2.05) is 36.5 Å². The van der Waals surface area contributed by atoms with Crippen LogP contribution in [0.5, 0.6) is 0 Å². The fourth-order valence-electron chi connectivity index (χ4n) is 2.15. The Kier molecular flexibility index (Phi) is 2.77. The van der Waals surface area contributed by atoms with Gasteiger partial charge in [-0.05, 0) is 36.4 Å². The third-order valence-electron chi connectivity index (χ3n) is 3.05. The Bertz CT molecular complexity index is 669. The lowest BCUT2D eigenvalue weighted by Crippen LogP contribution is -2.34. The van der Waals surface area contributed by atoms with E-state index in [-0.39, 0.29) is 5.82 Å². The van der Waals surface area contributed by atoms with E-state index in [9.17, 15) is 4.39 Å². The minimum Gasteiger partial charge on any atom is -0.207 e. The summed E-state index contributed by atoms with van der Waals surface area (Å²) in [6, 6.07) is 19.0. The van der Waals surface area contributed by atoms with Crippen LogP contribution in [0.3, 0.4) is 0 Å². The quantitative estimate of drug-likeness (QED) is 0.603. The molecule has 0 saturated carbocycles. The number of benzene rings is 2. The third kappa shape index (κ3) is 2.09. The summed E-state index contributed by atoms with van der Waals surface area (Å²) in [4.78, 5) is 0. The molecular formula is C16H13FN+. The van der Waals surface area contributed by atoms with Gasteiger partial charge in [0, 0.05) is 23.1 Å². The lowest BCUT2D eigenvalue weighted by molar-refractivity contribution is -0.662. The highest BCUT2D eigenvalue weighted by molar-refractivity contribution is 5.74. The molecule has 0 aliphatic carbocycles. The Hall–Kier alpha value is -2.22. The Labute approximate surface area is 105 Å². The van der Waals surface area contributed by atoms with E-state index < -0.39 is 0 Å². The van der Waals surface area contributed by atoms with Crippen molar-refractivity contribution < 1.29 is 8.96 Å². The zero-order valence-electron chi connectivity index (χ0n) is 9.88. The van der Waals surface area contributed by atoms with Gasteiger partial charge in [-0.25, -0.2) is 4.39 Å². The maximum Gasteiger partial charge on any atom is 0.212 e. The van der Waals surface area contributed by atoms with Gasteiger partial charge in [-0.15, -0.1) is 0 Å². The molecule has 2 heteroatoms. The van der Waals surface area contributed by atoms with Crippen LogP contribution in [0.15, 0.2) is 66.9 Å². The van der Waals surface area contributed by atoms with Crippen molar-refractivity contribution in [3.63, 3.8) is 0 Å². The van der Waals surface area contributed by atoms with Gasteiger partial charge in [0.15, 0.2) is 12.7 Å². The average Bonchev–Trinajstić information content (AvgIpc) is 2.42. The number of nitrogens with zero attached hydrogens (tertiary/aromatic N) is 1. The van der Waals surface area contributed by atoms with Crippen molar-refractivity contribution in [1.29, 1.82) is 0 Å². The first-order valence-corrected chi connectivity index (χ1v) is 5.94. The molecule has 0 radical (unpaired) electrons. The highest BCUT2D eigenvalue weighted by Crippen LogP contribution is 2.09. The first-order valence-electron chi connectivity index (χ1n) is 5.94. The van der Waals surface area contributed by atoms with Crippen LogP contribution in [-0.2, 0) is 6.54 Å². The minimum atomic E-state index is -0.193. The van der Waals surface area contributed by atoms with Crippen molar-refractivity contribution in [3.8, 4) is 0 Å². The van der Waals surface area contributed by atoms with Crippen LogP contribution in [0.4, 0.5) is 4.39 Å². The summed E-state index contributed by atoms with van der Waals surface area (Å²) >= 11 is 0. The van der Waals surface area contributed by atoms with Crippen LogP contribution in [0.2, 0.25) is 0 Å². The van der Waals surface area contributed by atoms with E-state index >= 15 is 0 Å². The van der Waals surface area contributed by atoms with E-state index in [1.165, 1.54) is 23.0 Å². The largest absolute Gasteiger partial charge is 0.212 e. The van der Waals surface area contributed by atoms with Gasteiger partial charge in [-0.3, -0.25) is 0 Å². The fourth-order valence-corrected chi connectivity index (χ4v) is 2.15. The van der Waals surface area contributed by atoms with Crippen molar-refractivity contribution in [2.75, 3.05) is 0 Å². The predicted molar refractivity (Wildman–Crippen MR) is 69.6 cm³/mol. The molecule has 0 bridgehead atoms. The van der Waals surface area contributed by atoms with E-state index in [1.54, 1.807) is 0 Å². The number of hydrogen-bond donors (Lipinski definition) is 0. The number of pyridine rings is 1. The molecule has 18 heavy (non-hydrogen) atoms. The second-order valence-corrected chi connectivity index (χ2v) is 4.32. The standard InChI is InChI=1S/C16H13FN/c17-15-9-7-13(8-10-15)12-18-11-3-5-14-4-1-2-6-16(14)18/h1-11H,12H2/q+1. The SMILES string of the molecule is Fc1ccc(C[n+]2cccc3ccccc32)cc1. The second kappa shape index (κ2) is 4.57. The van der Waals surface area contributed by atoms with Crippen LogP contribution >= 0.6 is 0 Å². The number of halogens is 1. The first kappa shape index (κ1) is 10.9. The van der Waals surface area contributed by atoms with Crippen molar-refractivity contribution in [2.24, 2.45) is 0 Å². The molecule has 1 nitrogen and oxygen atoms in total. The summed E-state index contributed by atoms with van der Waals surface area (Å²) in [5, 5.41) is 1.21. The highest BCUT2D eigenvalue weighted by atomic mass is 19.1. The molecule has 1 heterocycles. The van der Waals surface area contributed by atoms with Gasteiger partial charge in [-0.1, -0.05) is 12.1 Å². The van der Waals surface area contributed by atoms with Crippen molar-refractivity contribution in [2.45, 2.75) is 6.54 Å². The smallest absolute Gasteiger partial charge is 0.207 e. The van der Waals surface area contributed by atoms with Crippen LogP contribution < -0.4 is 4.57 Å². The van der Waals surface area contributed by atoms with E-state index in [4.69, 9.17) is 0 Å². The summed E-state index contributed by atoms with van der Waals surface area (Å²) in [7, 11) is 0. The van der Waals surface area contributed by atoms with Crippen LogP contribution in [0, 0.1) is 5.82 Å². The summed E-state index contributed by atoms with van der Waals surface area (Å²) < 4.78 is 15.0. The molecule has 0 spiro atoms. The number of hydrogen-bond acceptors (Lipinski definition) is 0. The minimum absolute atomic E-state index is 0.193. The summed E-state index contributed by atoms with van der Waals surface area (Å²) in [5.74, 6) is -0.193. The maximum atomic E-state index is 12.9. The van der Waals surface area contributed by atoms with Gasteiger partial charge in [0.05, 0.1) is 0 Å². The molecule has 0 aliphatic heterocycles. The molecule has 3 rings (SSSR count). The summed E-state index contributed by atoms with van der Waals surface area (Å²) in [6.45, 7) is 0.752. The zero-order chi connectivity index (χ0) is 12.4.